The number of carbonyl (C=O) groups excluding carboxylic acids is 1. The number of Topliss-reactive ketones (excluding diaryl/α,β-unsaturated/α-hetero) is 1. The lowest BCUT2D eigenvalue weighted by Crippen LogP contribution is -2.39. The molecule has 0 unspecified atom stereocenters. The third-order valence-electron chi connectivity index (χ3n) is 6.91. The Labute approximate surface area is 211 Å². The number of hydrogen-bond donors (Lipinski definition) is 0. The fraction of sp³-hybridized carbons (Fsp3) is 0.536. The van der Waals surface area contributed by atoms with Crippen LogP contribution in [0, 0.1) is 5.92 Å². The maximum atomic E-state index is 13.9. The zero-order valence-electron chi connectivity index (χ0n) is 20.5. The van der Waals surface area contributed by atoms with E-state index in [-0.39, 0.29) is 22.0 Å². The van der Waals surface area contributed by atoms with Crippen molar-refractivity contribution in [3.05, 3.63) is 60.7 Å². The molecule has 2 aromatic carbocycles. The van der Waals surface area contributed by atoms with Gasteiger partial charge in [-0.2, -0.15) is 0 Å². The minimum atomic E-state index is -4.25. The molecule has 0 spiro atoms. The predicted octanol–water partition coefficient (Wildman–Crippen LogP) is 6.53. The van der Waals surface area contributed by atoms with Gasteiger partial charge in [0.1, 0.15) is 5.78 Å². The monoisotopic (exact) mass is 518 g/mol. The molecule has 0 aromatic heterocycles. The van der Waals surface area contributed by atoms with Gasteiger partial charge in [0.2, 0.25) is 0 Å². The second-order valence-electron chi connectivity index (χ2n) is 9.66. The van der Waals surface area contributed by atoms with Gasteiger partial charge in [-0.05, 0) is 43.0 Å². The van der Waals surface area contributed by atoms with Crippen LogP contribution in [0.2, 0.25) is 0 Å². The average Bonchev–Trinajstić information content (AvgIpc) is 2.85. The Morgan fingerprint density at radius 2 is 0.971 bits per heavy atom. The smallest absolute Gasteiger partial charge is 0.196 e. The first kappa shape index (κ1) is 27.6. The highest BCUT2D eigenvalue weighted by Gasteiger charge is 2.45. The first-order valence-corrected chi connectivity index (χ1v) is 16.0. The molecule has 1 aliphatic carbocycles. The van der Waals surface area contributed by atoms with Crippen molar-refractivity contribution in [2.45, 2.75) is 97.8 Å². The molecule has 1 saturated carbocycles. The quantitative estimate of drug-likeness (QED) is 0.449. The van der Waals surface area contributed by atoms with Crippen molar-refractivity contribution in [3.63, 3.8) is 0 Å². The third-order valence-corrected chi connectivity index (χ3v) is 12.3. The van der Waals surface area contributed by atoms with E-state index < -0.39 is 30.2 Å². The number of rotatable bonds is 5. The molecule has 0 bridgehead atoms. The lowest BCUT2D eigenvalue weighted by Gasteiger charge is -2.27. The predicted molar refractivity (Wildman–Crippen MR) is 140 cm³/mol. The Morgan fingerprint density at radius 3 is 1.43 bits per heavy atom. The first-order valence-electron chi connectivity index (χ1n) is 12.9. The molecule has 1 atom stereocenters. The van der Waals surface area contributed by atoms with E-state index >= 15 is 0 Å². The molecule has 0 aliphatic heterocycles. The maximum Gasteiger partial charge on any atom is 0.196 e. The fourth-order valence-corrected chi connectivity index (χ4v) is 10.1. The van der Waals surface area contributed by atoms with Crippen molar-refractivity contribution in [2.24, 2.45) is 5.92 Å². The van der Waals surface area contributed by atoms with Crippen molar-refractivity contribution >= 4 is 25.5 Å². The van der Waals surface area contributed by atoms with E-state index in [1.807, 2.05) is 0 Å². The standard InChI is InChI=1S/C28H38O5S2/c29-25-18-12-8-6-4-2-1-3-5-7-11-17-24(23-25)28(34(30,31)26-19-13-9-14-20-26)35(32,33)27-21-15-10-16-22-27/h9-10,13-16,19-22,24,28H,1-8,11-12,17-18,23H2/t24-/m1/s1. The molecule has 1 aliphatic rings. The van der Waals surface area contributed by atoms with Crippen LogP contribution in [0.3, 0.4) is 0 Å². The van der Waals surface area contributed by atoms with E-state index in [2.05, 4.69) is 0 Å². The summed E-state index contributed by atoms with van der Waals surface area (Å²) >= 11 is 0. The summed E-state index contributed by atoms with van der Waals surface area (Å²) in [4.78, 5) is 12.9. The van der Waals surface area contributed by atoms with E-state index in [1.165, 1.54) is 43.5 Å². The van der Waals surface area contributed by atoms with Gasteiger partial charge >= 0.3 is 0 Å². The second kappa shape index (κ2) is 13.4. The van der Waals surface area contributed by atoms with Crippen molar-refractivity contribution in [1.82, 2.24) is 0 Å². The van der Waals surface area contributed by atoms with Gasteiger partial charge in [-0.15, -0.1) is 0 Å². The second-order valence-corrected chi connectivity index (χ2v) is 14.1. The van der Waals surface area contributed by atoms with Crippen LogP contribution >= 0.6 is 0 Å². The lowest BCUT2D eigenvalue weighted by atomic mass is 9.95. The number of ketones is 1. The summed E-state index contributed by atoms with van der Waals surface area (Å²) in [5, 5.41) is 0. The van der Waals surface area contributed by atoms with Crippen LogP contribution in [0.5, 0.6) is 0 Å². The van der Waals surface area contributed by atoms with Crippen LogP contribution < -0.4 is 0 Å². The molecule has 0 radical (unpaired) electrons. The molecular formula is C28H38O5S2. The van der Waals surface area contributed by atoms with Crippen molar-refractivity contribution < 1.29 is 21.6 Å². The fourth-order valence-electron chi connectivity index (χ4n) is 5.03. The van der Waals surface area contributed by atoms with Crippen LogP contribution in [0.4, 0.5) is 0 Å². The van der Waals surface area contributed by atoms with Gasteiger partial charge in [0.05, 0.1) is 9.79 Å². The molecule has 35 heavy (non-hydrogen) atoms. The Hall–Kier alpha value is -1.99. The van der Waals surface area contributed by atoms with Gasteiger partial charge in [-0.3, -0.25) is 4.79 Å². The zero-order chi connectivity index (χ0) is 25.2. The largest absolute Gasteiger partial charge is 0.300 e. The Morgan fingerprint density at radius 1 is 0.571 bits per heavy atom. The van der Waals surface area contributed by atoms with Gasteiger partial charge in [0, 0.05) is 12.8 Å². The summed E-state index contributed by atoms with van der Waals surface area (Å²) in [6, 6.07) is 15.6. The summed E-state index contributed by atoms with van der Waals surface area (Å²) in [5.74, 6) is -0.829. The van der Waals surface area contributed by atoms with E-state index in [9.17, 15) is 21.6 Å². The highest BCUT2D eigenvalue weighted by atomic mass is 32.3. The number of benzene rings is 2. The Balaban J connectivity index is 2.01. The van der Waals surface area contributed by atoms with E-state index in [0.717, 1.165) is 38.5 Å². The van der Waals surface area contributed by atoms with Crippen LogP contribution in [0.1, 0.15) is 83.5 Å². The molecule has 1 fully saturated rings. The normalized spacial score (nSPS) is 20.1. The van der Waals surface area contributed by atoms with E-state index in [4.69, 9.17) is 0 Å². The molecule has 3 rings (SSSR count). The third kappa shape index (κ3) is 7.74. The van der Waals surface area contributed by atoms with Gasteiger partial charge < -0.3 is 0 Å². The summed E-state index contributed by atoms with van der Waals surface area (Å²) in [6.07, 6.45) is 11.0. The zero-order valence-corrected chi connectivity index (χ0v) is 22.1. The minimum Gasteiger partial charge on any atom is -0.300 e. The number of sulfone groups is 2. The van der Waals surface area contributed by atoms with Crippen LogP contribution in [0.25, 0.3) is 0 Å². The molecule has 2 aromatic rings. The Kier molecular flexibility index (Phi) is 10.5. The summed E-state index contributed by atoms with van der Waals surface area (Å²) in [5.41, 5.74) is 0. The van der Waals surface area contributed by atoms with Crippen molar-refractivity contribution in [2.75, 3.05) is 0 Å². The molecular weight excluding hydrogens is 480 g/mol. The molecule has 5 nitrogen and oxygen atoms in total. The lowest BCUT2D eigenvalue weighted by molar-refractivity contribution is -0.120. The van der Waals surface area contributed by atoms with Gasteiger partial charge in [-0.1, -0.05) is 94.2 Å². The van der Waals surface area contributed by atoms with E-state index in [1.54, 1.807) is 36.4 Å². The van der Waals surface area contributed by atoms with Crippen LogP contribution in [-0.2, 0) is 24.5 Å². The van der Waals surface area contributed by atoms with Gasteiger partial charge in [0.15, 0.2) is 24.3 Å². The highest BCUT2D eigenvalue weighted by Crippen LogP contribution is 2.35. The molecule has 7 heteroatoms. The van der Waals surface area contributed by atoms with Gasteiger partial charge in [-0.25, -0.2) is 16.8 Å². The minimum absolute atomic E-state index is 0.0205. The first-order chi connectivity index (χ1) is 16.8. The SMILES string of the molecule is O=C1CCCCCCCCCCCC[C@@H](C(S(=O)(=O)c2ccccc2)S(=O)(=O)c2ccccc2)C1. The number of hydrogen-bond acceptors (Lipinski definition) is 5. The number of carbonyl (C=O) groups is 1. The molecule has 192 valence electrons. The molecule has 0 heterocycles. The van der Waals surface area contributed by atoms with Crippen molar-refractivity contribution in [1.29, 1.82) is 0 Å². The molecule has 0 N–H and O–H groups in total. The summed E-state index contributed by atoms with van der Waals surface area (Å²) < 4.78 is 53.9. The van der Waals surface area contributed by atoms with E-state index in [0.29, 0.717) is 19.3 Å². The summed E-state index contributed by atoms with van der Waals surface area (Å²) in [7, 11) is -8.51. The highest BCUT2D eigenvalue weighted by molar-refractivity contribution is 8.09. The average molecular weight is 519 g/mol. The molecule has 0 saturated heterocycles. The van der Waals surface area contributed by atoms with Crippen molar-refractivity contribution in [3.8, 4) is 0 Å². The molecule has 0 amide bonds. The maximum absolute atomic E-state index is 13.9. The summed E-state index contributed by atoms with van der Waals surface area (Å²) in [6.45, 7) is 0. The van der Waals surface area contributed by atoms with Crippen LogP contribution in [-0.4, -0.2) is 27.2 Å². The van der Waals surface area contributed by atoms with Gasteiger partial charge in [0.25, 0.3) is 0 Å². The van der Waals surface area contributed by atoms with Crippen LogP contribution in [0.15, 0.2) is 70.5 Å². The Bertz CT molecular complexity index is 1060. The topological polar surface area (TPSA) is 85.3 Å².